The number of alkyl halides is 3. The summed E-state index contributed by atoms with van der Waals surface area (Å²) >= 11 is 0. The number of H-pyrrole nitrogens is 1. The van der Waals surface area contributed by atoms with Crippen molar-refractivity contribution in [2.45, 2.75) is 6.18 Å². The third-order valence-electron chi connectivity index (χ3n) is 6.06. The molecule has 8 nitrogen and oxygen atoms in total. The molecule has 3 heterocycles. The lowest BCUT2D eigenvalue weighted by atomic mass is 10.0. The second kappa shape index (κ2) is 8.19. The van der Waals surface area contributed by atoms with Crippen molar-refractivity contribution < 1.29 is 27.3 Å². The molecule has 2 N–H and O–H groups in total. The molecule has 2 aromatic carbocycles. The largest absolute Gasteiger partial charge is 0.471 e. The van der Waals surface area contributed by atoms with Crippen molar-refractivity contribution in [3.05, 3.63) is 65.7 Å². The van der Waals surface area contributed by atoms with E-state index in [1.807, 2.05) is 12.1 Å². The van der Waals surface area contributed by atoms with Crippen LogP contribution in [-0.4, -0.2) is 53.5 Å². The number of quaternary nitrogens is 1. The summed E-state index contributed by atoms with van der Waals surface area (Å²) in [6.45, 7) is 1.70. The summed E-state index contributed by atoms with van der Waals surface area (Å²) in [4.78, 5) is 32.1. The second-order valence-corrected chi connectivity index (χ2v) is 8.07. The van der Waals surface area contributed by atoms with Crippen LogP contribution in [0.2, 0.25) is 0 Å². The molecular weight excluding hydrogens is 451 g/mol. The molecule has 34 heavy (non-hydrogen) atoms. The van der Waals surface area contributed by atoms with Gasteiger partial charge in [0, 0.05) is 36.4 Å². The number of aromatic amines is 1. The summed E-state index contributed by atoms with van der Waals surface area (Å²) in [7, 11) is 0. The maximum atomic E-state index is 14.0. The molecule has 1 aliphatic heterocycles. The van der Waals surface area contributed by atoms with Crippen LogP contribution in [0.1, 0.15) is 26.6 Å². The number of hydrogen-bond donors (Lipinski definition) is 2. The van der Waals surface area contributed by atoms with Gasteiger partial charge >= 0.3 is 18.0 Å². The van der Waals surface area contributed by atoms with Gasteiger partial charge in [-0.1, -0.05) is 11.2 Å². The molecule has 0 radical (unpaired) electrons. The third kappa shape index (κ3) is 3.68. The van der Waals surface area contributed by atoms with Crippen LogP contribution in [-0.2, 0) is 6.18 Å². The van der Waals surface area contributed by atoms with Gasteiger partial charge in [0.1, 0.15) is 19.4 Å². The predicted octanol–water partition coefficient (Wildman–Crippen LogP) is 3.80. The number of aldehydes is 1. The quantitative estimate of drug-likeness (QED) is 0.348. The second-order valence-electron chi connectivity index (χ2n) is 8.07. The van der Waals surface area contributed by atoms with Crippen LogP contribution in [0, 0.1) is 0 Å². The van der Waals surface area contributed by atoms with E-state index in [0.29, 0.717) is 43.7 Å². The van der Waals surface area contributed by atoms with Crippen LogP contribution < -0.4 is 9.80 Å². The van der Waals surface area contributed by atoms with Gasteiger partial charge in [-0.05, 0) is 35.7 Å². The van der Waals surface area contributed by atoms with Crippen LogP contribution >= 0.6 is 0 Å². The van der Waals surface area contributed by atoms with Gasteiger partial charge in [-0.15, -0.1) is 0 Å². The number of nitrogens with zero attached hydrogens (tertiary/aromatic N) is 3. The minimum Gasteiger partial charge on any atom is -0.361 e. The van der Waals surface area contributed by atoms with Gasteiger partial charge in [-0.3, -0.25) is 4.79 Å². The summed E-state index contributed by atoms with van der Waals surface area (Å²) in [6, 6.07) is 11.7. The summed E-state index contributed by atoms with van der Waals surface area (Å²) in [5.41, 5.74) is 2.00. The highest BCUT2D eigenvalue weighted by molar-refractivity contribution is 6.06. The van der Waals surface area contributed by atoms with Crippen molar-refractivity contribution in [3.8, 4) is 11.4 Å². The van der Waals surface area contributed by atoms with Crippen LogP contribution in [0.4, 0.5) is 18.9 Å². The predicted molar refractivity (Wildman–Crippen MR) is 117 cm³/mol. The molecule has 1 amide bonds. The number of aromatic nitrogens is 3. The number of halogens is 3. The highest BCUT2D eigenvalue weighted by Gasteiger charge is 2.45. The average Bonchev–Trinajstić information content (AvgIpc) is 3.53. The standard InChI is InChI=1S/C23H18F3N5O3/c24-23(25,26)22-29-20(30-34-22)17-11-14(13-32)1-4-19(17)31(9-7-27-8-10-31)21(33)16-3-2-15-5-6-28-18(15)12-16/h1-6,11-13,27H,7-10H2/p+1. The number of carbonyl (C=O) groups is 2. The Balaban J connectivity index is 1.68. The van der Waals surface area contributed by atoms with E-state index in [4.69, 9.17) is 0 Å². The van der Waals surface area contributed by atoms with E-state index in [-0.39, 0.29) is 27.3 Å². The zero-order valence-corrected chi connectivity index (χ0v) is 17.7. The molecule has 1 saturated heterocycles. The Bertz CT molecular complexity index is 1390. The molecule has 0 aliphatic carbocycles. The van der Waals surface area contributed by atoms with E-state index in [0.717, 1.165) is 10.9 Å². The van der Waals surface area contributed by atoms with E-state index in [1.54, 1.807) is 24.4 Å². The number of nitrogens with one attached hydrogen (secondary N) is 2. The lowest BCUT2D eigenvalue weighted by Gasteiger charge is -2.39. The highest BCUT2D eigenvalue weighted by Crippen LogP contribution is 2.38. The normalized spacial score (nSPS) is 16.0. The Morgan fingerprint density at radius 1 is 1.09 bits per heavy atom. The van der Waals surface area contributed by atoms with Gasteiger partial charge < -0.3 is 14.8 Å². The van der Waals surface area contributed by atoms with Gasteiger partial charge in [0.05, 0.1) is 11.1 Å². The smallest absolute Gasteiger partial charge is 0.361 e. The molecule has 1 fully saturated rings. The Labute approximate surface area is 191 Å². The molecular formula is C23H19F3N5O3+. The molecule has 0 saturated carbocycles. The van der Waals surface area contributed by atoms with Crippen molar-refractivity contribution in [1.29, 1.82) is 0 Å². The molecule has 0 unspecified atom stereocenters. The lowest BCUT2D eigenvalue weighted by molar-refractivity contribution is -0.159. The minimum absolute atomic E-state index is 0.139. The van der Waals surface area contributed by atoms with Gasteiger partial charge in [0.15, 0.2) is 5.69 Å². The average molecular weight is 470 g/mol. The number of carbonyl (C=O) groups excluding carboxylic acids is 2. The molecule has 0 atom stereocenters. The van der Waals surface area contributed by atoms with Crippen LogP contribution in [0.5, 0.6) is 0 Å². The van der Waals surface area contributed by atoms with E-state index in [2.05, 4.69) is 25.0 Å². The Kier molecular flexibility index (Phi) is 5.29. The summed E-state index contributed by atoms with van der Waals surface area (Å²) in [5.74, 6) is -2.06. The van der Waals surface area contributed by atoms with E-state index in [9.17, 15) is 22.8 Å². The monoisotopic (exact) mass is 470 g/mol. The Morgan fingerprint density at radius 2 is 1.88 bits per heavy atom. The fraction of sp³-hybridized carbons (Fsp3) is 0.217. The Morgan fingerprint density at radius 3 is 2.59 bits per heavy atom. The number of hydrogen-bond acceptors (Lipinski definition) is 6. The van der Waals surface area contributed by atoms with Crippen LogP contribution in [0.3, 0.4) is 0 Å². The molecule has 0 bridgehead atoms. The topological polar surface area (TPSA) is 101 Å². The van der Waals surface area contributed by atoms with Gasteiger partial charge in [0.2, 0.25) is 5.82 Å². The van der Waals surface area contributed by atoms with Crippen molar-refractivity contribution >= 4 is 28.8 Å². The van der Waals surface area contributed by atoms with Crippen molar-refractivity contribution in [1.82, 2.24) is 24.9 Å². The molecule has 4 aromatic rings. The number of piperazine rings is 1. The fourth-order valence-electron chi connectivity index (χ4n) is 4.39. The third-order valence-corrected chi connectivity index (χ3v) is 6.06. The fourth-order valence-corrected chi connectivity index (χ4v) is 4.39. The minimum atomic E-state index is -4.82. The van der Waals surface area contributed by atoms with Gasteiger partial charge in [-0.25, -0.2) is 9.28 Å². The van der Waals surface area contributed by atoms with Crippen molar-refractivity contribution in [2.75, 3.05) is 26.2 Å². The molecule has 11 heteroatoms. The number of rotatable bonds is 4. The molecule has 5 rings (SSSR count). The SMILES string of the molecule is O=Cc1ccc([N+]2(C(=O)c3ccc4cc[nH]c4c3)CCNCC2)c(-c2noc(C(F)(F)F)n2)c1. The first kappa shape index (κ1) is 22.0. The van der Waals surface area contributed by atoms with E-state index < -0.39 is 12.1 Å². The zero-order valence-electron chi connectivity index (χ0n) is 17.7. The lowest BCUT2D eigenvalue weighted by Crippen LogP contribution is -2.63. The van der Waals surface area contributed by atoms with E-state index in [1.165, 1.54) is 12.1 Å². The number of fused-ring (bicyclic) bond motifs is 1. The first-order chi connectivity index (χ1) is 16.3. The summed E-state index contributed by atoms with van der Waals surface area (Å²) in [6.07, 6.45) is -2.48. The van der Waals surface area contributed by atoms with Gasteiger partial charge in [-0.2, -0.15) is 18.2 Å². The number of amides is 1. The van der Waals surface area contributed by atoms with Gasteiger partial charge in [0.25, 0.3) is 0 Å². The Hall–Kier alpha value is -3.83. The van der Waals surface area contributed by atoms with E-state index >= 15 is 0 Å². The van der Waals surface area contributed by atoms with Crippen molar-refractivity contribution in [2.24, 2.45) is 0 Å². The number of benzene rings is 2. The molecule has 1 aliphatic rings. The summed E-state index contributed by atoms with van der Waals surface area (Å²) in [5, 5.41) is 7.69. The first-order valence-electron chi connectivity index (χ1n) is 10.5. The maximum absolute atomic E-state index is 14.0. The molecule has 174 valence electrons. The highest BCUT2D eigenvalue weighted by atomic mass is 19.4. The summed E-state index contributed by atoms with van der Waals surface area (Å²) < 4.78 is 43.6. The molecule has 0 spiro atoms. The van der Waals surface area contributed by atoms with Crippen LogP contribution in [0.15, 0.2) is 53.2 Å². The first-order valence-corrected chi connectivity index (χ1v) is 10.5. The maximum Gasteiger partial charge on any atom is 0.471 e. The van der Waals surface area contributed by atoms with Crippen LogP contribution in [0.25, 0.3) is 22.3 Å². The molecule has 2 aromatic heterocycles. The zero-order chi connectivity index (χ0) is 23.9. The van der Waals surface area contributed by atoms with Crippen molar-refractivity contribution in [3.63, 3.8) is 0 Å².